The maximum Gasteiger partial charge on any atom is 0.374 e. The lowest BCUT2D eigenvalue weighted by Gasteiger charge is -2.36. The highest BCUT2D eigenvalue weighted by atomic mass is 16.8. The highest BCUT2D eigenvalue weighted by Crippen LogP contribution is 2.44. The summed E-state index contributed by atoms with van der Waals surface area (Å²) in [6, 6.07) is -1.42. The van der Waals surface area contributed by atoms with Crippen molar-refractivity contribution in [3.8, 4) is 0 Å². The number of amides is 4. The molecule has 0 aromatic heterocycles. The number of carbonyl (C=O) groups excluding carboxylic acids is 2. The summed E-state index contributed by atoms with van der Waals surface area (Å²) in [5.41, 5.74) is 0. The molecule has 0 aromatic carbocycles. The first-order chi connectivity index (χ1) is 9.54. The van der Waals surface area contributed by atoms with Crippen LogP contribution in [0.2, 0.25) is 0 Å². The number of fused-ring (bicyclic) bond motifs is 1. The van der Waals surface area contributed by atoms with E-state index < -0.39 is 30.8 Å². The van der Waals surface area contributed by atoms with Gasteiger partial charge >= 0.3 is 17.9 Å². The fourth-order valence-corrected chi connectivity index (χ4v) is 2.47. The third-order valence-corrected chi connectivity index (χ3v) is 3.23. The molecule has 0 aromatic rings. The van der Waals surface area contributed by atoms with E-state index in [-0.39, 0.29) is 0 Å². The van der Waals surface area contributed by atoms with Crippen LogP contribution >= 0.6 is 0 Å². The summed E-state index contributed by atoms with van der Waals surface area (Å²) in [6.45, 7) is -0.667. The van der Waals surface area contributed by atoms with Crippen LogP contribution < -0.4 is 0 Å². The number of nitrogens with zero attached hydrogens (tertiary/aromatic N) is 4. The van der Waals surface area contributed by atoms with Gasteiger partial charge in [0.1, 0.15) is 6.73 Å². The fraction of sp³-hybridized carbons (Fsp3) is 0.778. The maximum absolute atomic E-state index is 12.2. The van der Waals surface area contributed by atoms with Gasteiger partial charge in [0.2, 0.25) is 6.17 Å². The molecule has 2 atom stereocenters. The molecule has 2 fully saturated rings. The van der Waals surface area contributed by atoms with Gasteiger partial charge in [0.15, 0.2) is 0 Å². The van der Waals surface area contributed by atoms with E-state index in [1.807, 2.05) is 0 Å². The molecule has 2 rings (SSSR count). The molecule has 114 valence electrons. The summed E-state index contributed by atoms with van der Waals surface area (Å²) < 4.78 is 5.32. The first-order valence-electron chi connectivity index (χ1n) is 5.57. The monoisotopic (exact) mass is 292 g/mol. The molecular formula is C9H16N4O7. The lowest BCUT2D eigenvalue weighted by molar-refractivity contribution is -0.359. The molecule has 2 aliphatic rings. The second kappa shape index (κ2) is 5.03. The number of aliphatic hydroxyl groups is 1. The molecular weight excluding hydrogens is 276 g/mol. The van der Waals surface area contributed by atoms with Crippen LogP contribution in [0.3, 0.4) is 0 Å². The Balaban J connectivity index is 2.60. The van der Waals surface area contributed by atoms with Crippen LogP contribution in [0, 0.1) is 0 Å². The predicted molar refractivity (Wildman–Crippen MR) is 59.8 cm³/mol. The molecule has 11 nitrogen and oxygen atoms in total. The van der Waals surface area contributed by atoms with Crippen LogP contribution in [-0.2, 0) is 19.2 Å². The highest BCUT2D eigenvalue weighted by molar-refractivity contribution is 5.84. The second-order valence-corrected chi connectivity index (χ2v) is 3.88. The number of methoxy groups -OCH3 is 1. The van der Waals surface area contributed by atoms with Crippen LogP contribution in [-0.4, -0.2) is 84.4 Å². The van der Waals surface area contributed by atoms with Gasteiger partial charge in [0, 0.05) is 7.11 Å². The van der Waals surface area contributed by atoms with Crippen molar-refractivity contribution in [3.05, 3.63) is 0 Å². The molecule has 1 N–H and O–H groups in total. The van der Waals surface area contributed by atoms with Crippen LogP contribution in [0.5, 0.6) is 0 Å². The average molecular weight is 292 g/mol. The minimum atomic E-state index is -1.74. The standard InChI is InChI=1S/C9H16N4O7/c1-17-9-6(10(5-14)7(15)12(9)19-3)11(18-2)8(16)13(9)20-4/h6,14H,5H2,1-4H3. The Morgan fingerprint density at radius 3 is 2.00 bits per heavy atom. The average Bonchev–Trinajstić information content (AvgIpc) is 2.83. The number of hydroxylamine groups is 6. The number of rotatable bonds is 5. The Bertz CT molecular complexity index is 387. The topological polar surface area (TPSA) is 104 Å². The highest BCUT2D eigenvalue weighted by Gasteiger charge is 2.74. The van der Waals surface area contributed by atoms with E-state index in [2.05, 4.69) is 0 Å². The van der Waals surface area contributed by atoms with Crippen LogP contribution in [0.25, 0.3) is 0 Å². The van der Waals surface area contributed by atoms with Crippen LogP contribution in [0.1, 0.15) is 0 Å². The molecule has 0 aliphatic carbocycles. The van der Waals surface area contributed by atoms with Gasteiger partial charge in [0.25, 0.3) is 0 Å². The molecule has 11 heteroatoms. The predicted octanol–water partition coefficient (Wildman–Crippen LogP) is -1.28. The van der Waals surface area contributed by atoms with E-state index in [1.54, 1.807) is 0 Å². The van der Waals surface area contributed by atoms with E-state index in [0.717, 1.165) is 20.1 Å². The van der Waals surface area contributed by atoms with E-state index in [4.69, 9.17) is 19.2 Å². The zero-order chi connectivity index (χ0) is 15.1. The number of hydrogen-bond donors (Lipinski definition) is 1. The number of hydrogen-bond acceptors (Lipinski definition) is 7. The quantitative estimate of drug-likeness (QED) is 0.673. The minimum Gasteiger partial charge on any atom is -0.376 e. The Morgan fingerprint density at radius 2 is 1.60 bits per heavy atom. The number of carbonyl (C=O) groups is 2. The van der Waals surface area contributed by atoms with E-state index >= 15 is 0 Å². The molecule has 20 heavy (non-hydrogen) atoms. The molecule has 4 amide bonds. The normalized spacial score (nSPS) is 29.8. The summed E-state index contributed by atoms with van der Waals surface area (Å²) in [6.07, 6.45) is -1.11. The van der Waals surface area contributed by atoms with Crippen molar-refractivity contribution in [2.75, 3.05) is 35.2 Å². The Hall–Kier alpha value is -1.66. The number of aliphatic hydroxyl groups excluding tert-OH is 1. The van der Waals surface area contributed by atoms with Crippen molar-refractivity contribution in [1.82, 2.24) is 20.1 Å². The zero-order valence-electron chi connectivity index (χ0n) is 11.5. The van der Waals surface area contributed by atoms with E-state index in [0.29, 0.717) is 0 Å². The maximum atomic E-state index is 12.2. The molecule has 2 saturated heterocycles. The van der Waals surface area contributed by atoms with Gasteiger partial charge in [0.05, 0.1) is 21.3 Å². The van der Waals surface area contributed by atoms with Crippen molar-refractivity contribution < 1.29 is 33.9 Å². The van der Waals surface area contributed by atoms with Gasteiger partial charge in [-0.15, -0.1) is 10.1 Å². The van der Waals surface area contributed by atoms with Gasteiger partial charge in [-0.05, 0) is 0 Å². The lowest BCUT2D eigenvalue weighted by Crippen LogP contribution is -2.60. The molecule has 2 heterocycles. The van der Waals surface area contributed by atoms with Crippen molar-refractivity contribution in [3.63, 3.8) is 0 Å². The first-order valence-corrected chi connectivity index (χ1v) is 5.57. The SMILES string of the molecule is CON1C(=O)N(OC)C2(OC)C1N(CO)C(=O)N2OC. The van der Waals surface area contributed by atoms with Gasteiger partial charge in [-0.25, -0.2) is 9.59 Å². The van der Waals surface area contributed by atoms with Crippen molar-refractivity contribution in [2.45, 2.75) is 12.0 Å². The zero-order valence-corrected chi connectivity index (χ0v) is 11.5. The first kappa shape index (κ1) is 14.7. The molecule has 0 saturated carbocycles. The van der Waals surface area contributed by atoms with Gasteiger partial charge in [-0.3, -0.25) is 19.4 Å². The van der Waals surface area contributed by atoms with Gasteiger partial charge in [-0.2, -0.15) is 5.06 Å². The van der Waals surface area contributed by atoms with Crippen LogP contribution in [0.15, 0.2) is 0 Å². The smallest absolute Gasteiger partial charge is 0.374 e. The Kier molecular flexibility index (Phi) is 3.71. The van der Waals surface area contributed by atoms with Crippen molar-refractivity contribution in [2.24, 2.45) is 0 Å². The lowest BCUT2D eigenvalue weighted by atomic mass is 10.3. The molecule has 0 bridgehead atoms. The fourth-order valence-electron chi connectivity index (χ4n) is 2.47. The Labute approximate surface area is 114 Å². The summed E-state index contributed by atoms with van der Waals surface area (Å²) in [5.74, 6) is -1.74. The van der Waals surface area contributed by atoms with Crippen molar-refractivity contribution >= 4 is 12.1 Å². The Morgan fingerprint density at radius 1 is 1.05 bits per heavy atom. The molecule has 0 spiro atoms. The third kappa shape index (κ3) is 1.46. The third-order valence-electron chi connectivity index (χ3n) is 3.23. The number of urea groups is 2. The largest absolute Gasteiger partial charge is 0.376 e. The minimum absolute atomic E-state index is 0.667. The molecule has 2 unspecified atom stereocenters. The van der Waals surface area contributed by atoms with Crippen molar-refractivity contribution in [1.29, 1.82) is 0 Å². The number of ether oxygens (including phenoxy) is 1. The molecule has 0 radical (unpaired) electrons. The summed E-state index contributed by atoms with van der Waals surface area (Å²) >= 11 is 0. The second-order valence-electron chi connectivity index (χ2n) is 3.88. The molecule has 2 aliphatic heterocycles. The summed E-state index contributed by atoms with van der Waals surface area (Å²) in [4.78, 5) is 40.3. The summed E-state index contributed by atoms with van der Waals surface area (Å²) in [7, 11) is 4.97. The van der Waals surface area contributed by atoms with Gasteiger partial charge in [-0.1, -0.05) is 0 Å². The van der Waals surface area contributed by atoms with E-state index in [9.17, 15) is 14.7 Å². The van der Waals surface area contributed by atoms with E-state index in [1.165, 1.54) is 28.4 Å². The summed E-state index contributed by atoms with van der Waals surface area (Å²) in [5, 5.41) is 11.8. The van der Waals surface area contributed by atoms with Crippen LogP contribution in [0.4, 0.5) is 9.59 Å². The van der Waals surface area contributed by atoms with Gasteiger partial charge < -0.3 is 9.84 Å².